The number of hydrogen-bond donors (Lipinski definition) is 3. The molecule has 0 spiro atoms. The molecule has 1 fully saturated rings. The lowest BCUT2D eigenvalue weighted by Crippen LogP contribution is -2.47. The van der Waals surface area contributed by atoms with Gasteiger partial charge in [-0.1, -0.05) is 48.0 Å². The van der Waals surface area contributed by atoms with Gasteiger partial charge in [-0.2, -0.15) is 0 Å². The van der Waals surface area contributed by atoms with E-state index in [1.807, 2.05) is 31.2 Å². The highest BCUT2D eigenvalue weighted by atomic mass is 16.5. The first-order chi connectivity index (χ1) is 12.0. The molecule has 1 aliphatic rings. The summed E-state index contributed by atoms with van der Waals surface area (Å²) in [6.07, 6.45) is -0.176. The van der Waals surface area contributed by atoms with Gasteiger partial charge in [0, 0.05) is 12.0 Å². The fourth-order valence-electron chi connectivity index (χ4n) is 3.25. The number of carbonyl (C=O) groups excluding carboxylic acids is 1. The number of carbonyl (C=O) groups is 1. The molecule has 5 nitrogen and oxygen atoms in total. The molecule has 2 aromatic rings. The Bertz CT molecular complexity index is 747. The lowest BCUT2D eigenvalue weighted by Gasteiger charge is -2.23. The Balaban J connectivity index is 1.63. The van der Waals surface area contributed by atoms with E-state index >= 15 is 0 Å². The van der Waals surface area contributed by atoms with Gasteiger partial charge < -0.3 is 10.1 Å². The third-order valence-corrected chi connectivity index (χ3v) is 4.56. The smallest absolute Gasteiger partial charge is 0.259 e. The maximum Gasteiger partial charge on any atom is 0.259 e. The molecule has 0 radical (unpaired) electrons. The number of rotatable bonds is 5. The molecule has 3 unspecified atom stereocenters. The SMILES string of the molecule is Cc1cccc(C2C(C)NNC2NC(=O)COc2ccccc2C)c1. The second kappa shape index (κ2) is 7.68. The normalized spacial score (nSPS) is 22.6. The van der Waals surface area contributed by atoms with Crippen LogP contribution >= 0.6 is 0 Å². The minimum atomic E-state index is -0.176. The predicted molar refractivity (Wildman–Crippen MR) is 98.3 cm³/mol. The van der Waals surface area contributed by atoms with Gasteiger partial charge in [-0.25, -0.2) is 5.43 Å². The monoisotopic (exact) mass is 339 g/mol. The summed E-state index contributed by atoms with van der Waals surface area (Å²) in [5, 5.41) is 3.03. The molecule has 132 valence electrons. The molecule has 1 amide bonds. The van der Waals surface area contributed by atoms with Gasteiger partial charge in [0.15, 0.2) is 6.61 Å². The second-order valence-electron chi connectivity index (χ2n) is 6.62. The molecule has 25 heavy (non-hydrogen) atoms. The molecule has 1 heterocycles. The maximum absolute atomic E-state index is 12.3. The fraction of sp³-hybridized carbons (Fsp3) is 0.350. The van der Waals surface area contributed by atoms with E-state index in [2.05, 4.69) is 54.3 Å². The van der Waals surface area contributed by atoms with Crippen molar-refractivity contribution in [3.63, 3.8) is 0 Å². The van der Waals surface area contributed by atoms with Crippen molar-refractivity contribution in [2.45, 2.75) is 38.9 Å². The molecule has 3 atom stereocenters. The second-order valence-corrected chi connectivity index (χ2v) is 6.62. The van der Waals surface area contributed by atoms with E-state index in [0.29, 0.717) is 0 Å². The molecule has 2 aromatic carbocycles. The molecular formula is C20H25N3O2. The van der Waals surface area contributed by atoms with E-state index in [4.69, 9.17) is 4.74 Å². The first-order valence-corrected chi connectivity index (χ1v) is 8.60. The highest BCUT2D eigenvalue weighted by Gasteiger charge is 2.35. The average molecular weight is 339 g/mol. The van der Waals surface area contributed by atoms with Gasteiger partial charge in [0.1, 0.15) is 11.9 Å². The molecule has 0 bridgehead atoms. The van der Waals surface area contributed by atoms with Gasteiger partial charge in [0.05, 0.1) is 0 Å². The van der Waals surface area contributed by atoms with Crippen LogP contribution < -0.4 is 20.9 Å². The van der Waals surface area contributed by atoms with Crippen molar-refractivity contribution in [1.82, 2.24) is 16.2 Å². The van der Waals surface area contributed by atoms with Crippen LogP contribution in [-0.4, -0.2) is 24.7 Å². The lowest BCUT2D eigenvalue weighted by atomic mass is 9.90. The summed E-state index contributed by atoms with van der Waals surface area (Å²) in [5.74, 6) is 0.746. The average Bonchev–Trinajstić information content (AvgIpc) is 2.94. The molecule has 1 saturated heterocycles. The molecular weight excluding hydrogens is 314 g/mol. The van der Waals surface area contributed by atoms with Crippen LogP contribution in [0.4, 0.5) is 0 Å². The van der Waals surface area contributed by atoms with Crippen LogP contribution in [0, 0.1) is 13.8 Å². The quantitative estimate of drug-likeness (QED) is 0.783. The minimum Gasteiger partial charge on any atom is -0.484 e. The zero-order chi connectivity index (χ0) is 17.8. The van der Waals surface area contributed by atoms with Crippen molar-refractivity contribution in [2.24, 2.45) is 0 Å². The molecule has 3 N–H and O–H groups in total. The number of para-hydroxylation sites is 1. The molecule has 1 aliphatic heterocycles. The van der Waals surface area contributed by atoms with Crippen LogP contribution in [-0.2, 0) is 4.79 Å². The van der Waals surface area contributed by atoms with Gasteiger partial charge in [0.2, 0.25) is 0 Å². The summed E-state index contributed by atoms with van der Waals surface area (Å²) in [7, 11) is 0. The lowest BCUT2D eigenvalue weighted by molar-refractivity contribution is -0.124. The summed E-state index contributed by atoms with van der Waals surface area (Å²) in [6, 6.07) is 16.3. The van der Waals surface area contributed by atoms with Crippen LogP contribution in [0.3, 0.4) is 0 Å². The van der Waals surface area contributed by atoms with Crippen molar-refractivity contribution < 1.29 is 9.53 Å². The number of aryl methyl sites for hydroxylation is 2. The number of benzene rings is 2. The third kappa shape index (κ3) is 4.18. The van der Waals surface area contributed by atoms with Crippen LogP contribution in [0.15, 0.2) is 48.5 Å². The van der Waals surface area contributed by atoms with E-state index in [-0.39, 0.29) is 30.6 Å². The zero-order valence-corrected chi connectivity index (χ0v) is 14.9. The molecule has 5 heteroatoms. The van der Waals surface area contributed by atoms with Gasteiger partial charge in [-0.05, 0) is 38.0 Å². The Hall–Kier alpha value is -2.37. The van der Waals surface area contributed by atoms with Crippen molar-refractivity contribution in [1.29, 1.82) is 0 Å². The Kier molecular flexibility index (Phi) is 5.36. The first-order valence-electron chi connectivity index (χ1n) is 8.60. The van der Waals surface area contributed by atoms with E-state index < -0.39 is 0 Å². The van der Waals surface area contributed by atoms with Gasteiger partial charge >= 0.3 is 0 Å². The fourth-order valence-corrected chi connectivity index (χ4v) is 3.25. The largest absolute Gasteiger partial charge is 0.484 e. The van der Waals surface area contributed by atoms with E-state index in [9.17, 15) is 4.79 Å². The van der Waals surface area contributed by atoms with E-state index in [1.165, 1.54) is 11.1 Å². The van der Waals surface area contributed by atoms with Gasteiger partial charge in [-0.3, -0.25) is 10.2 Å². The Morgan fingerprint density at radius 2 is 1.92 bits per heavy atom. The van der Waals surface area contributed by atoms with Gasteiger partial charge in [0.25, 0.3) is 5.91 Å². The van der Waals surface area contributed by atoms with Crippen molar-refractivity contribution in [3.8, 4) is 5.75 Å². The van der Waals surface area contributed by atoms with Crippen LogP contribution in [0.5, 0.6) is 5.75 Å². The minimum absolute atomic E-state index is 0.00203. The zero-order valence-electron chi connectivity index (χ0n) is 14.9. The Morgan fingerprint density at radius 1 is 1.12 bits per heavy atom. The third-order valence-electron chi connectivity index (χ3n) is 4.56. The van der Waals surface area contributed by atoms with Crippen LogP contribution in [0.25, 0.3) is 0 Å². The summed E-state index contributed by atoms with van der Waals surface area (Å²) in [6.45, 7) is 6.15. The van der Waals surface area contributed by atoms with Crippen LogP contribution in [0.2, 0.25) is 0 Å². The number of hydrogen-bond acceptors (Lipinski definition) is 4. The first kappa shape index (κ1) is 17.5. The van der Waals surface area contributed by atoms with Crippen molar-refractivity contribution in [3.05, 3.63) is 65.2 Å². The Morgan fingerprint density at radius 3 is 2.68 bits per heavy atom. The summed E-state index contributed by atoms with van der Waals surface area (Å²) in [5.41, 5.74) is 9.83. The number of ether oxygens (including phenoxy) is 1. The van der Waals surface area contributed by atoms with E-state index in [0.717, 1.165) is 11.3 Å². The highest BCUT2D eigenvalue weighted by Crippen LogP contribution is 2.26. The van der Waals surface area contributed by atoms with Crippen molar-refractivity contribution in [2.75, 3.05) is 6.61 Å². The summed E-state index contributed by atoms with van der Waals surface area (Å²) >= 11 is 0. The molecule has 0 saturated carbocycles. The predicted octanol–water partition coefficient (Wildman–Crippen LogP) is 2.40. The topological polar surface area (TPSA) is 62.4 Å². The standard InChI is InChI=1S/C20H25N3O2/c1-13-7-6-9-16(11-13)19-15(3)22-23-20(19)21-18(24)12-25-17-10-5-4-8-14(17)2/h4-11,15,19-20,22-23H,12H2,1-3H3,(H,21,24). The molecule has 0 aliphatic carbocycles. The number of nitrogens with one attached hydrogen (secondary N) is 3. The van der Waals surface area contributed by atoms with E-state index in [1.54, 1.807) is 0 Å². The number of amides is 1. The Labute approximate surface area is 148 Å². The van der Waals surface area contributed by atoms with Gasteiger partial charge in [-0.15, -0.1) is 0 Å². The summed E-state index contributed by atoms with van der Waals surface area (Å²) in [4.78, 5) is 12.3. The highest BCUT2D eigenvalue weighted by molar-refractivity contribution is 5.78. The molecule has 3 rings (SSSR count). The maximum atomic E-state index is 12.3. The van der Waals surface area contributed by atoms with Crippen molar-refractivity contribution >= 4 is 5.91 Å². The van der Waals surface area contributed by atoms with Crippen LogP contribution in [0.1, 0.15) is 29.5 Å². The molecule has 0 aromatic heterocycles. The number of hydrazine groups is 1. The summed E-state index contributed by atoms with van der Waals surface area (Å²) < 4.78 is 5.64.